The Kier molecular flexibility index (Phi) is 5.28. The number of nitrogens with one attached hydrogen (secondary N) is 1. The summed E-state index contributed by atoms with van der Waals surface area (Å²) in [6, 6.07) is 4.79. The summed E-state index contributed by atoms with van der Waals surface area (Å²) >= 11 is 0. The van der Waals surface area contributed by atoms with Crippen LogP contribution in [0.5, 0.6) is 5.75 Å². The van der Waals surface area contributed by atoms with E-state index >= 15 is 0 Å². The van der Waals surface area contributed by atoms with Crippen LogP contribution in [0.3, 0.4) is 0 Å². The Morgan fingerprint density at radius 1 is 1.33 bits per heavy atom. The van der Waals surface area contributed by atoms with E-state index in [0.717, 1.165) is 38.2 Å². The van der Waals surface area contributed by atoms with Crippen LogP contribution in [0.25, 0.3) is 0 Å². The van der Waals surface area contributed by atoms with Crippen LogP contribution in [-0.2, 0) is 0 Å². The summed E-state index contributed by atoms with van der Waals surface area (Å²) in [5.41, 5.74) is 3.93. The van der Waals surface area contributed by atoms with E-state index < -0.39 is 0 Å². The highest BCUT2D eigenvalue weighted by atomic mass is 16.5. The molecule has 0 aliphatic carbocycles. The fourth-order valence-corrected chi connectivity index (χ4v) is 3.06. The number of benzene rings is 1. The van der Waals surface area contributed by atoms with Crippen LogP contribution in [0.1, 0.15) is 55.8 Å². The molecule has 3 heteroatoms. The molecule has 2 rings (SSSR count). The minimum atomic E-state index is 0.112. The average molecular weight is 291 g/mol. The van der Waals surface area contributed by atoms with Crippen LogP contribution in [-0.4, -0.2) is 24.9 Å². The lowest BCUT2D eigenvalue weighted by Crippen LogP contribution is -2.33. The summed E-state index contributed by atoms with van der Waals surface area (Å²) in [6.07, 6.45) is 3.00. The Morgan fingerprint density at radius 2 is 2.10 bits per heavy atom. The van der Waals surface area contributed by atoms with Crippen LogP contribution in [0, 0.1) is 19.3 Å². The number of hydrogen-bond donors (Lipinski definition) is 2. The maximum Gasteiger partial charge on any atom is 0.126 e. The van der Waals surface area contributed by atoms with E-state index in [1.807, 2.05) is 0 Å². The molecule has 0 amide bonds. The average Bonchev–Trinajstić information content (AvgIpc) is 2.59. The summed E-state index contributed by atoms with van der Waals surface area (Å²) in [6.45, 7) is 10.6. The predicted molar refractivity (Wildman–Crippen MR) is 86.9 cm³/mol. The van der Waals surface area contributed by atoms with Gasteiger partial charge < -0.3 is 15.2 Å². The van der Waals surface area contributed by atoms with Crippen LogP contribution >= 0.6 is 0 Å². The molecule has 2 N–H and O–H groups in total. The van der Waals surface area contributed by atoms with Gasteiger partial charge in [0.25, 0.3) is 0 Å². The van der Waals surface area contributed by atoms with Crippen molar-refractivity contribution in [3.63, 3.8) is 0 Å². The molecule has 0 fully saturated rings. The lowest BCUT2D eigenvalue weighted by atomic mass is 9.88. The molecule has 0 aromatic heterocycles. The van der Waals surface area contributed by atoms with E-state index in [9.17, 15) is 0 Å². The van der Waals surface area contributed by atoms with Crippen molar-refractivity contribution in [3.05, 3.63) is 28.8 Å². The van der Waals surface area contributed by atoms with Gasteiger partial charge in [0, 0.05) is 24.8 Å². The summed E-state index contributed by atoms with van der Waals surface area (Å²) in [5.74, 6) is 1.07. The lowest BCUT2D eigenvalue weighted by Gasteiger charge is -2.28. The van der Waals surface area contributed by atoms with Gasteiger partial charge in [-0.1, -0.05) is 31.5 Å². The zero-order valence-corrected chi connectivity index (χ0v) is 13.8. The Morgan fingerprint density at radius 3 is 2.81 bits per heavy atom. The van der Waals surface area contributed by atoms with E-state index in [2.05, 4.69) is 45.1 Å². The number of fused-ring (bicyclic) bond motifs is 1. The molecular formula is C18H29NO2. The molecule has 0 saturated heterocycles. The SMILES string of the molecule is Cc1cc(C)c2c(c1)C(NCC(C)(C)CCO)CCCO2. The first-order chi connectivity index (χ1) is 9.93. The summed E-state index contributed by atoms with van der Waals surface area (Å²) in [5, 5.41) is 12.9. The van der Waals surface area contributed by atoms with Gasteiger partial charge >= 0.3 is 0 Å². The first-order valence-corrected chi connectivity index (χ1v) is 8.01. The minimum Gasteiger partial charge on any atom is -0.493 e. The second-order valence-corrected chi connectivity index (χ2v) is 7.06. The van der Waals surface area contributed by atoms with Crippen molar-refractivity contribution in [2.75, 3.05) is 19.8 Å². The molecule has 1 aliphatic rings. The predicted octanol–water partition coefficient (Wildman–Crippen LogP) is 3.52. The maximum atomic E-state index is 9.17. The van der Waals surface area contributed by atoms with Crippen LogP contribution in [0.4, 0.5) is 0 Å². The van der Waals surface area contributed by atoms with Crippen molar-refractivity contribution >= 4 is 0 Å². The number of aliphatic hydroxyl groups is 1. The minimum absolute atomic E-state index is 0.112. The molecule has 0 saturated carbocycles. The number of hydrogen-bond acceptors (Lipinski definition) is 3. The maximum absolute atomic E-state index is 9.17. The van der Waals surface area contributed by atoms with E-state index in [0.29, 0.717) is 6.04 Å². The van der Waals surface area contributed by atoms with Crippen molar-refractivity contribution in [2.24, 2.45) is 5.41 Å². The quantitative estimate of drug-likeness (QED) is 0.872. The second kappa shape index (κ2) is 6.80. The molecule has 0 radical (unpaired) electrons. The summed E-state index contributed by atoms with van der Waals surface area (Å²) in [7, 11) is 0. The Balaban J connectivity index is 2.18. The van der Waals surface area contributed by atoms with Crippen molar-refractivity contribution in [1.29, 1.82) is 0 Å². The van der Waals surface area contributed by atoms with Gasteiger partial charge in [0.05, 0.1) is 6.61 Å². The van der Waals surface area contributed by atoms with E-state index in [4.69, 9.17) is 9.84 Å². The number of aryl methyl sites for hydroxylation is 2. The molecule has 1 aromatic carbocycles. The number of ether oxygens (including phenoxy) is 1. The third-order valence-electron chi connectivity index (χ3n) is 4.32. The van der Waals surface area contributed by atoms with Crippen LogP contribution < -0.4 is 10.1 Å². The third-order valence-corrected chi connectivity index (χ3v) is 4.32. The van der Waals surface area contributed by atoms with Crippen molar-refractivity contribution in [3.8, 4) is 5.75 Å². The summed E-state index contributed by atoms with van der Waals surface area (Å²) in [4.78, 5) is 0. The molecule has 1 atom stereocenters. The molecule has 0 spiro atoms. The topological polar surface area (TPSA) is 41.5 Å². The van der Waals surface area contributed by atoms with Gasteiger partial charge in [-0.15, -0.1) is 0 Å². The highest BCUT2D eigenvalue weighted by Crippen LogP contribution is 2.35. The normalized spacial score (nSPS) is 18.8. The zero-order valence-electron chi connectivity index (χ0n) is 13.8. The molecule has 118 valence electrons. The molecule has 21 heavy (non-hydrogen) atoms. The van der Waals surface area contributed by atoms with Gasteiger partial charge in [-0.2, -0.15) is 0 Å². The van der Waals surface area contributed by atoms with Crippen LogP contribution in [0.2, 0.25) is 0 Å². The lowest BCUT2D eigenvalue weighted by molar-refractivity contribution is 0.202. The van der Waals surface area contributed by atoms with E-state index in [1.165, 1.54) is 16.7 Å². The monoisotopic (exact) mass is 291 g/mol. The number of rotatable bonds is 5. The highest BCUT2D eigenvalue weighted by molar-refractivity contribution is 5.46. The van der Waals surface area contributed by atoms with Gasteiger partial charge in [-0.05, 0) is 44.1 Å². The number of aliphatic hydroxyl groups excluding tert-OH is 1. The van der Waals surface area contributed by atoms with Gasteiger partial charge in [-0.3, -0.25) is 0 Å². The van der Waals surface area contributed by atoms with E-state index in [-0.39, 0.29) is 12.0 Å². The summed E-state index contributed by atoms with van der Waals surface area (Å²) < 4.78 is 5.96. The highest BCUT2D eigenvalue weighted by Gasteiger charge is 2.24. The van der Waals surface area contributed by atoms with Gasteiger partial charge in [0.1, 0.15) is 5.75 Å². The van der Waals surface area contributed by atoms with Gasteiger partial charge in [0.2, 0.25) is 0 Å². The second-order valence-electron chi connectivity index (χ2n) is 7.06. The Bertz CT molecular complexity index is 482. The third kappa shape index (κ3) is 4.21. The molecule has 3 nitrogen and oxygen atoms in total. The molecular weight excluding hydrogens is 262 g/mol. The molecule has 1 aromatic rings. The largest absolute Gasteiger partial charge is 0.493 e. The van der Waals surface area contributed by atoms with Crippen molar-refractivity contribution in [1.82, 2.24) is 5.32 Å². The van der Waals surface area contributed by atoms with Gasteiger partial charge in [-0.25, -0.2) is 0 Å². The van der Waals surface area contributed by atoms with Gasteiger partial charge in [0.15, 0.2) is 0 Å². The van der Waals surface area contributed by atoms with Crippen molar-refractivity contribution < 1.29 is 9.84 Å². The molecule has 1 unspecified atom stereocenters. The first-order valence-electron chi connectivity index (χ1n) is 8.01. The standard InChI is InChI=1S/C18H29NO2/c1-13-10-14(2)17-15(11-13)16(6-5-9-21-17)19-12-18(3,4)7-8-20/h10-11,16,19-20H,5-9,12H2,1-4H3. The fraction of sp³-hybridized carbons (Fsp3) is 0.667. The van der Waals surface area contributed by atoms with Crippen molar-refractivity contribution in [2.45, 2.75) is 53.0 Å². The zero-order chi connectivity index (χ0) is 15.5. The molecule has 1 aliphatic heterocycles. The van der Waals surface area contributed by atoms with Crippen LogP contribution in [0.15, 0.2) is 12.1 Å². The Labute approximate surface area is 128 Å². The molecule has 0 bridgehead atoms. The fourth-order valence-electron chi connectivity index (χ4n) is 3.06. The first kappa shape index (κ1) is 16.3. The van der Waals surface area contributed by atoms with E-state index in [1.54, 1.807) is 0 Å². The smallest absolute Gasteiger partial charge is 0.126 e. The Hall–Kier alpha value is -1.06. The molecule has 1 heterocycles.